The molecule has 0 saturated heterocycles. The summed E-state index contributed by atoms with van der Waals surface area (Å²) in [4.78, 5) is 29.8. The highest BCUT2D eigenvalue weighted by Gasteiger charge is 2.29. The predicted molar refractivity (Wildman–Crippen MR) is 117 cm³/mol. The van der Waals surface area contributed by atoms with E-state index in [9.17, 15) is 27.9 Å². The van der Waals surface area contributed by atoms with Gasteiger partial charge in [-0.25, -0.2) is 6.57 Å². The Morgan fingerprint density at radius 1 is 1.09 bits per heavy atom. The second-order valence-electron chi connectivity index (χ2n) is 6.85. The highest BCUT2D eigenvalue weighted by Crippen LogP contribution is 2.18. The van der Waals surface area contributed by atoms with Crippen molar-refractivity contribution in [1.29, 1.82) is 0 Å². The van der Waals surface area contributed by atoms with Gasteiger partial charge in [0.15, 0.2) is 0 Å². The van der Waals surface area contributed by atoms with Gasteiger partial charge in [-0.3, -0.25) is 14.6 Å². The lowest BCUT2D eigenvalue weighted by Crippen LogP contribution is -2.40. The zero-order valence-corrected chi connectivity index (χ0v) is 18.3. The molecule has 0 aliphatic carbocycles. The first kappa shape index (κ1) is 28.5. The van der Waals surface area contributed by atoms with Crippen molar-refractivity contribution in [2.75, 3.05) is 17.7 Å². The van der Waals surface area contributed by atoms with E-state index < -0.39 is 17.7 Å². The summed E-state index contributed by atoms with van der Waals surface area (Å²) in [6, 6.07) is 10.7. The normalized spacial score (nSPS) is 11.8. The molecular formula is C22H27F3N4O3. The molecule has 174 valence electrons. The van der Waals surface area contributed by atoms with Crippen LogP contribution in [-0.2, 0) is 16.0 Å². The van der Waals surface area contributed by atoms with Gasteiger partial charge in [0.05, 0.1) is 11.9 Å². The first-order valence-electron chi connectivity index (χ1n) is 9.41. The summed E-state index contributed by atoms with van der Waals surface area (Å²) >= 11 is 0. The molecule has 1 unspecified atom stereocenters. The third-order valence-corrected chi connectivity index (χ3v) is 3.58. The molecule has 0 bridgehead atoms. The lowest BCUT2D eigenvalue weighted by molar-refractivity contribution is -0.132. The molecule has 1 aromatic carbocycles. The number of hydrogen-bond donors (Lipinski definition) is 3. The lowest BCUT2D eigenvalue weighted by Gasteiger charge is -2.22. The number of amides is 2. The van der Waals surface area contributed by atoms with E-state index in [4.69, 9.17) is 6.57 Å². The minimum Gasteiger partial charge on any atom is -0.380 e. The predicted octanol–water partition coefficient (Wildman–Crippen LogP) is 4.47. The van der Waals surface area contributed by atoms with Crippen molar-refractivity contribution in [1.82, 2.24) is 4.98 Å². The second kappa shape index (κ2) is 13.8. The van der Waals surface area contributed by atoms with E-state index in [-0.39, 0.29) is 19.3 Å². The molecule has 32 heavy (non-hydrogen) atoms. The Bertz CT molecular complexity index is 872. The zero-order valence-electron chi connectivity index (χ0n) is 18.3. The van der Waals surface area contributed by atoms with Crippen LogP contribution in [0.4, 0.5) is 24.5 Å². The first-order chi connectivity index (χ1) is 14.8. The number of benzene rings is 1. The summed E-state index contributed by atoms with van der Waals surface area (Å²) in [5.41, 5.74) is 0.736. The van der Waals surface area contributed by atoms with E-state index in [1.54, 1.807) is 30.5 Å². The summed E-state index contributed by atoms with van der Waals surface area (Å²) in [6.45, 7) is 8.96. The molecule has 0 aliphatic rings. The number of alkyl halides is 3. The Morgan fingerprint density at radius 3 is 2.06 bits per heavy atom. The molecule has 10 heteroatoms. The van der Waals surface area contributed by atoms with Gasteiger partial charge in [-0.05, 0) is 49.6 Å². The Balaban J connectivity index is 0.00000104. The number of aliphatic hydroxyl groups is 1. The van der Waals surface area contributed by atoms with Crippen LogP contribution in [-0.4, -0.2) is 40.7 Å². The van der Waals surface area contributed by atoms with Crippen LogP contribution in [0.15, 0.2) is 48.8 Å². The van der Waals surface area contributed by atoms with Gasteiger partial charge < -0.3 is 20.6 Å². The maximum Gasteiger partial charge on any atom is 0.386 e. The summed E-state index contributed by atoms with van der Waals surface area (Å²) < 4.78 is 31.1. The number of carbonyl (C=O) groups excluding carboxylic acids is 2. The fourth-order valence-electron chi connectivity index (χ4n) is 2.16. The Kier molecular flexibility index (Phi) is 12.3. The van der Waals surface area contributed by atoms with Crippen LogP contribution < -0.4 is 10.6 Å². The molecule has 0 fully saturated rings. The maximum atomic E-state index is 12.2. The van der Waals surface area contributed by atoms with Gasteiger partial charge in [-0.15, -0.1) is 0 Å². The highest BCUT2D eigenvalue weighted by molar-refractivity contribution is 5.96. The van der Waals surface area contributed by atoms with E-state index in [0.717, 1.165) is 5.56 Å². The smallest absolute Gasteiger partial charge is 0.380 e. The molecule has 1 heterocycles. The average molecular weight is 452 g/mol. The van der Waals surface area contributed by atoms with E-state index in [0.29, 0.717) is 17.8 Å². The van der Waals surface area contributed by atoms with Crippen LogP contribution >= 0.6 is 0 Å². The number of pyridine rings is 1. The molecule has 3 N–H and O–H groups in total. The van der Waals surface area contributed by atoms with Crippen molar-refractivity contribution in [3.63, 3.8) is 0 Å². The Morgan fingerprint density at radius 2 is 1.62 bits per heavy atom. The van der Waals surface area contributed by atoms with E-state index in [2.05, 4.69) is 20.5 Å². The second-order valence-corrected chi connectivity index (χ2v) is 6.85. The van der Waals surface area contributed by atoms with Crippen molar-refractivity contribution < 1.29 is 27.9 Å². The summed E-state index contributed by atoms with van der Waals surface area (Å²) in [5, 5.41) is 15.7. The van der Waals surface area contributed by atoms with Crippen molar-refractivity contribution in [3.8, 4) is 0 Å². The average Bonchev–Trinajstić information content (AvgIpc) is 2.67. The van der Waals surface area contributed by atoms with E-state index in [1.807, 2.05) is 12.1 Å². The van der Waals surface area contributed by atoms with Crippen molar-refractivity contribution in [2.24, 2.45) is 0 Å². The Hall–Kier alpha value is -3.45. The number of nitrogens with zero attached hydrogens (tertiary/aromatic N) is 2. The van der Waals surface area contributed by atoms with Gasteiger partial charge in [0.25, 0.3) is 5.91 Å². The van der Waals surface area contributed by atoms with Crippen LogP contribution in [0.1, 0.15) is 32.8 Å². The molecule has 0 radical (unpaired) electrons. The standard InChI is InChI=1S/C18H21N3O3.C2H3F3.C2H3N/c1-13(22)20-15-7-5-14(6-8-15)9-10-18(2,24)17(23)21-16-4-3-11-19-12-16;1-2(3,4)5;1-3-2/h3-8,11-12,24H,9-10H2,1-2H3,(H,20,22)(H,21,23);1H3;1H3. The van der Waals surface area contributed by atoms with E-state index >= 15 is 0 Å². The van der Waals surface area contributed by atoms with E-state index in [1.165, 1.54) is 27.1 Å². The number of hydrogen-bond acceptors (Lipinski definition) is 4. The van der Waals surface area contributed by atoms with Gasteiger partial charge >= 0.3 is 6.18 Å². The van der Waals surface area contributed by atoms with Gasteiger partial charge in [-0.2, -0.15) is 13.2 Å². The Labute approximate surface area is 185 Å². The molecule has 1 aromatic heterocycles. The van der Waals surface area contributed by atoms with Crippen LogP contribution in [0.2, 0.25) is 0 Å². The lowest BCUT2D eigenvalue weighted by atomic mass is 9.95. The van der Waals surface area contributed by atoms with Gasteiger partial charge in [0, 0.05) is 25.7 Å². The monoisotopic (exact) mass is 452 g/mol. The minimum absolute atomic E-state index is 0.127. The van der Waals surface area contributed by atoms with Crippen LogP contribution in [0.5, 0.6) is 0 Å². The van der Waals surface area contributed by atoms with Crippen LogP contribution in [0.25, 0.3) is 4.85 Å². The van der Waals surface area contributed by atoms with Gasteiger partial charge in [-0.1, -0.05) is 12.1 Å². The molecule has 1 atom stereocenters. The minimum atomic E-state index is -4.00. The van der Waals surface area contributed by atoms with Crippen molar-refractivity contribution >= 4 is 23.2 Å². The third-order valence-electron chi connectivity index (χ3n) is 3.58. The molecule has 0 saturated carbocycles. The maximum absolute atomic E-state index is 12.2. The molecule has 0 spiro atoms. The fourth-order valence-corrected chi connectivity index (χ4v) is 2.16. The molecule has 7 nitrogen and oxygen atoms in total. The van der Waals surface area contributed by atoms with Gasteiger partial charge in [0.2, 0.25) is 13.0 Å². The SMILES string of the molecule is CC(=O)Nc1ccc(CCC(C)(O)C(=O)Nc2cccnc2)cc1.CC(F)(F)F.[C-]#[N+]C. The molecule has 2 rings (SSSR count). The third kappa shape index (κ3) is 14.5. The molecule has 0 aliphatic heterocycles. The largest absolute Gasteiger partial charge is 0.386 e. The number of aryl methyl sites for hydroxylation is 1. The number of anilines is 2. The number of nitrogens with one attached hydrogen (secondary N) is 2. The topological polar surface area (TPSA) is 95.7 Å². The number of carbonyl (C=O) groups is 2. The molecule has 2 amide bonds. The highest BCUT2D eigenvalue weighted by atomic mass is 19.4. The summed E-state index contributed by atoms with van der Waals surface area (Å²) in [7, 11) is 1.42. The van der Waals surface area contributed by atoms with Crippen LogP contribution in [0.3, 0.4) is 0 Å². The molecule has 2 aromatic rings. The number of rotatable bonds is 6. The number of halogens is 3. The van der Waals surface area contributed by atoms with Crippen molar-refractivity contribution in [2.45, 2.75) is 45.4 Å². The first-order valence-corrected chi connectivity index (χ1v) is 9.41. The fraction of sp³-hybridized carbons (Fsp3) is 0.364. The van der Waals surface area contributed by atoms with Gasteiger partial charge in [0.1, 0.15) is 5.60 Å². The van der Waals surface area contributed by atoms with Crippen molar-refractivity contribution in [3.05, 3.63) is 65.8 Å². The number of aromatic nitrogens is 1. The van der Waals surface area contributed by atoms with Crippen LogP contribution in [0, 0.1) is 6.57 Å². The zero-order chi connectivity index (χ0) is 24.8. The summed E-state index contributed by atoms with van der Waals surface area (Å²) in [6.07, 6.45) is -0.0560. The molecular weight excluding hydrogens is 425 g/mol. The quantitative estimate of drug-likeness (QED) is 0.564. The summed E-state index contributed by atoms with van der Waals surface area (Å²) in [5.74, 6) is -0.594.